The predicted octanol–water partition coefficient (Wildman–Crippen LogP) is 8.19. The van der Waals surface area contributed by atoms with Gasteiger partial charge in [-0.3, -0.25) is 23.7 Å². The Labute approximate surface area is 395 Å². The van der Waals surface area contributed by atoms with Crippen molar-refractivity contribution in [2.75, 3.05) is 44.4 Å². The zero-order valence-corrected chi connectivity index (χ0v) is 41.1. The molecule has 1 fully saturated rings. The molecular formula is C53H68N6O7P+. The number of rotatable bonds is 17. The molecule has 1 amide bonds. The minimum absolute atomic E-state index is 0.0592. The summed E-state index contributed by atoms with van der Waals surface area (Å²) in [6.07, 6.45) is 15.8. The molecule has 4 N–H and O–H groups in total. The number of nitrogens with zero attached hydrogens (tertiary/aromatic N) is 3. The molecule has 2 aromatic carbocycles. The van der Waals surface area contributed by atoms with Crippen molar-refractivity contribution in [2.24, 2.45) is 0 Å². The van der Waals surface area contributed by atoms with Crippen molar-refractivity contribution in [3.8, 4) is 11.8 Å². The number of carbonyl (C=O) groups is 1. The molecule has 0 saturated carbocycles. The Morgan fingerprint density at radius 1 is 1.00 bits per heavy atom. The third kappa shape index (κ3) is 11.3. The molecule has 14 heteroatoms. The van der Waals surface area contributed by atoms with Gasteiger partial charge in [0.15, 0.2) is 5.71 Å². The first-order valence-electron chi connectivity index (χ1n) is 23.9. The van der Waals surface area contributed by atoms with Crippen molar-refractivity contribution in [1.29, 1.82) is 0 Å². The van der Waals surface area contributed by atoms with E-state index >= 15 is 0 Å². The van der Waals surface area contributed by atoms with E-state index in [-0.39, 0.29) is 48.3 Å². The second-order valence-electron chi connectivity index (χ2n) is 19.0. The second-order valence-corrected chi connectivity index (χ2v) is 20.9. The fourth-order valence-corrected chi connectivity index (χ4v) is 10.4. The van der Waals surface area contributed by atoms with E-state index in [1.54, 1.807) is 0 Å². The number of carbonyl (C=O) groups excluding carboxylic acids is 1. The summed E-state index contributed by atoms with van der Waals surface area (Å²) in [5, 5.41) is 6.62. The SMILES string of the molecule is CCCN1/C(=C\C=C2/CCCC(/C=C/C3=[N+](CCC)c4ccccc4C3(C)C)=C2NCCC(=O)NCC#CCc2cn(C3CCC(COP(C)(=O)O)O3)c(=O)[nH]c2=O)C(C)(C)c2ccccc21. The zero-order valence-electron chi connectivity index (χ0n) is 40.2. The smallest absolute Gasteiger partial charge is 0.330 e. The van der Waals surface area contributed by atoms with Crippen LogP contribution in [0.5, 0.6) is 0 Å². The summed E-state index contributed by atoms with van der Waals surface area (Å²) in [5.41, 5.74) is 10.1. The van der Waals surface area contributed by atoms with Gasteiger partial charge in [0.2, 0.25) is 11.6 Å². The lowest BCUT2D eigenvalue weighted by Crippen LogP contribution is -2.34. The topological polar surface area (TPSA) is 158 Å². The van der Waals surface area contributed by atoms with Crippen LogP contribution in [0, 0.1) is 11.8 Å². The molecule has 0 bridgehead atoms. The number of para-hydroxylation sites is 2. The van der Waals surface area contributed by atoms with Crippen LogP contribution in [0.15, 0.2) is 111 Å². The number of fused-ring (bicyclic) bond motifs is 2. The van der Waals surface area contributed by atoms with Crippen LogP contribution in [0.3, 0.4) is 0 Å². The van der Waals surface area contributed by atoms with Gasteiger partial charge < -0.3 is 29.7 Å². The molecule has 3 aliphatic heterocycles. The van der Waals surface area contributed by atoms with Crippen molar-refractivity contribution in [2.45, 2.75) is 122 Å². The third-order valence-corrected chi connectivity index (χ3v) is 13.9. The van der Waals surface area contributed by atoms with Gasteiger partial charge in [-0.2, -0.15) is 4.58 Å². The Balaban J connectivity index is 1.06. The van der Waals surface area contributed by atoms with E-state index in [0.717, 1.165) is 57.6 Å². The van der Waals surface area contributed by atoms with Crippen LogP contribution < -0.4 is 26.8 Å². The number of amides is 1. The highest BCUT2D eigenvalue weighted by molar-refractivity contribution is 7.51. The van der Waals surface area contributed by atoms with Gasteiger partial charge in [0.05, 0.1) is 24.7 Å². The average molecular weight is 932 g/mol. The summed E-state index contributed by atoms with van der Waals surface area (Å²) >= 11 is 0. The van der Waals surface area contributed by atoms with E-state index in [4.69, 9.17) is 9.26 Å². The highest BCUT2D eigenvalue weighted by Gasteiger charge is 2.44. The monoisotopic (exact) mass is 931 g/mol. The standard InChI is InChI=1S/C53H67N6O7P/c1-8-33-57-43-22-12-10-20-41(43)52(3,4)45(57)27-24-37-18-16-19-38(25-28-46-53(5,6)42-21-11-13-23-44(42)58(46)34-9-2)49(37)55-32-30-47(60)54-31-15-14-17-39-35-59(51(62)56-50(39)61)48-29-26-40(66-48)36-65-67(7,63)64/h10-13,20-25,27-28,35,40,48H,8-9,16-19,26,29-34,36H2,1-7H3,(H3,54,56,60,61,62,63,64)/p+1/b37-24+,45-27-. The summed E-state index contributed by atoms with van der Waals surface area (Å²) in [6, 6.07) is 17.5. The number of aromatic nitrogens is 2. The number of nitrogens with one attached hydrogen (secondary N) is 3. The fraction of sp³-hybridized carbons (Fsp3) is 0.472. The van der Waals surface area contributed by atoms with E-state index in [0.29, 0.717) is 19.4 Å². The van der Waals surface area contributed by atoms with Crippen LogP contribution in [-0.2, 0) is 35.9 Å². The number of ether oxygens (including phenoxy) is 1. The molecule has 4 aliphatic rings. The number of H-pyrrole nitrogens is 1. The molecule has 1 saturated heterocycles. The number of hydrogen-bond donors (Lipinski definition) is 4. The summed E-state index contributed by atoms with van der Waals surface area (Å²) in [6.45, 7) is 17.1. The van der Waals surface area contributed by atoms with E-state index in [1.807, 2.05) is 0 Å². The van der Waals surface area contributed by atoms with Gasteiger partial charge in [-0.05, 0) is 81.2 Å². The van der Waals surface area contributed by atoms with Crippen molar-refractivity contribution in [3.63, 3.8) is 0 Å². The van der Waals surface area contributed by atoms with Crippen LogP contribution in [0.2, 0.25) is 0 Å². The first-order valence-corrected chi connectivity index (χ1v) is 25.9. The molecule has 3 aromatic rings. The molecule has 13 nitrogen and oxygen atoms in total. The molecule has 3 unspecified atom stereocenters. The summed E-state index contributed by atoms with van der Waals surface area (Å²) in [4.78, 5) is 52.8. The minimum Gasteiger partial charge on any atom is -0.384 e. The van der Waals surface area contributed by atoms with Gasteiger partial charge >= 0.3 is 13.3 Å². The van der Waals surface area contributed by atoms with Crippen LogP contribution in [-0.4, -0.2) is 76.2 Å². The summed E-state index contributed by atoms with van der Waals surface area (Å²) in [5.74, 6) is 5.74. The van der Waals surface area contributed by atoms with Crippen molar-refractivity contribution in [1.82, 2.24) is 20.2 Å². The third-order valence-electron chi connectivity index (χ3n) is 13.3. The maximum Gasteiger partial charge on any atom is 0.330 e. The van der Waals surface area contributed by atoms with Gasteiger partial charge in [0, 0.05) is 91.0 Å². The number of hydrogen-bond acceptors (Lipinski definition) is 8. The average Bonchev–Trinajstić information content (AvgIpc) is 3.91. The molecule has 1 aliphatic carbocycles. The molecule has 1 aromatic heterocycles. The Bertz CT molecular complexity index is 2740. The lowest BCUT2D eigenvalue weighted by Gasteiger charge is -2.27. The van der Waals surface area contributed by atoms with E-state index in [2.05, 4.69) is 151 Å². The van der Waals surface area contributed by atoms with Gasteiger partial charge in [-0.25, -0.2) is 4.79 Å². The van der Waals surface area contributed by atoms with Crippen molar-refractivity contribution < 1.29 is 28.1 Å². The molecule has 67 heavy (non-hydrogen) atoms. The second kappa shape index (κ2) is 21.2. The maximum absolute atomic E-state index is 13.2. The largest absolute Gasteiger partial charge is 0.384 e. The molecular weight excluding hydrogens is 864 g/mol. The van der Waals surface area contributed by atoms with Crippen LogP contribution in [0.4, 0.5) is 11.4 Å². The van der Waals surface area contributed by atoms with Gasteiger partial charge in [0.25, 0.3) is 5.56 Å². The highest BCUT2D eigenvalue weighted by atomic mass is 31.2. The highest BCUT2D eigenvalue weighted by Crippen LogP contribution is 2.48. The van der Waals surface area contributed by atoms with Gasteiger partial charge in [-0.1, -0.05) is 88.1 Å². The Hall–Kier alpha value is -5.51. The molecule has 0 spiro atoms. The van der Waals surface area contributed by atoms with Crippen molar-refractivity contribution >= 4 is 30.6 Å². The number of aromatic amines is 1. The normalized spacial score (nSPS) is 21.7. The van der Waals surface area contributed by atoms with E-state index < -0.39 is 31.2 Å². The van der Waals surface area contributed by atoms with Crippen molar-refractivity contribution in [3.05, 3.63) is 139 Å². The fourth-order valence-electron chi connectivity index (χ4n) is 9.91. The number of anilines is 1. The summed E-state index contributed by atoms with van der Waals surface area (Å²) < 4.78 is 26.2. The molecule has 7 rings (SSSR count). The van der Waals surface area contributed by atoms with Gasteiger partial charge in [0.1, 0.15) is 12.8 Å². The van der Waals surface area contributed by atoms with Gasteiger partial charge in [-0.15, -0.1) is 0 Å². The maximum atomic E-state index is 13.2. The van der Waals surface area contributed by atoms with E-state index in [1.165, 1.54) is 55.8 Å². The van der Waals surface area contributed by atoms with Crippen LogP contribution in [0.1, 0.15) is 116 Å². The quantitative estimate of drug-likeness (QED) is 0.0596. The lowest BCUT2D eigenvalue weighted by molar-refractivity contribution is -0.437. The number of allylic oxidation sites excluding steroid dienone is 7. The Morgan fingerprint density at radius 3 is 2.52 bits per heavy atom. The predicted molar refractivity (Wildman–Crippen MR) is 266 cm³/mol. The number of benzene rings is 2. The van der Waals surface area contributed by atoms with Crippen LogP contribution in [0.25, 0.3) is 0 Å². The molecule has 3 atom stereocenters. The lowest BCUT2D eigenvalue weighted by atomic mass is 9.81. The Kier molecular flexibility index (Phi) is 15.6. The first-order chi connectivity index (χ1) is 32.0. The van der Waals surface area contributed by atoms with E-state index in [9.17, 15) is 23.8 Å². The molecule has 4 heterocycles. The first kappa shape index (κ1) is 49.4. The minimum atomic E-state index is -3.67. The molecule has 356 valence electrons. The van der Waals surface area contributed by atoms with Crippen LogP contribution >= 0.6 is 7.60 Å². The zero-order chi connectivity index (χ0) is 47.9. The Morgan fingerprint density at radius 2 is 1.76 bits per heavy atom. The summed E-state index contributed by atoms with van der Waals surface area (Å²) in [7, 11) is -3.67. The molecule has 0 radical (unpaired) electrons.